The van der Waals surface area contributed by atoms with Gasteiger partial charge < -0.3 is 4.74 Å². The highest BCUT2D eigenvalue weighted by molar-refractivity contribution is 5.88. The van der Waals surface area contributed by atoms with Crippen LogP contribution in [0.3, 0.4) is 0 Å². The molecule has 0 spiro atoms. The van der Waals surface area contributed by atoms with E-state index in [2.05, 4.69) is 25.6 Å². The molecule has 0 amide bonds. The zero-order valence-corrected chi connectivity index (χ0v) is 17.6. The van der Waals surface area contributed by atoms with Gasteiger partial charge in [0.1, 0.15) is 11.6 Å². The van der Waals surface area contributed by atoms with Gasteiger partial charge in [-0.15, -0.1) is 0 Å². The highest BCUT2D eigenvalue weighted by atomic mass is 19.1. The summed E-state index contributed by atoms with van der Waals surface area (Å²) in [6.45, 7) is 7.36. The van der Waals surface area contributed by atoms with Crippen molar-refractivity contribution >= 4 is 5.97 Å². The van der Waals surface area contributed by atoms with E-state index >= 15 is 0 Å². The molecule has 3 aromatic carbocycles. The molecule has 0 aromatic heterocycles. The van der Waals surface area contributed by atoms with E-state index in [1.54, 1.807) is 37.3 Å². The smallest absolute Gasteiger partial charge is 0.338 e. The van der Waals surface area contributed by atoms with Gasteiger partial charge in [0.25, 0.3) is 0 Å². The fourth-order valence-electron chi connectivity index (χ4n) is 3.27. The van der Waals surface area contributed by atoms with Crippen LogP contribution in [-0.2, 0) is 11.2 Å². The summed E-state index contributed by atoms with van der Waals surface area (Å²) in [5.74, 6) is -0.290. The van der Waals surface area contributed by atoms with Gasteiger partial charge in [-0.05, 0) is 60.2 Å². The van der Waals surface area contributed by atoms with Crippen molar-refractivity contribution in [3.05, 3.63) is 90.3 Å². The zero-order valence-electron chi connectivity index (χ0n) is 17.6. The summed E-state index contributed by atoms with van der Waals surface area (Å²) in [5, 5.41) is 0. The average molecular weight is 403 g/mol. The van der Waals surface area contributed by atoms with Crippen molar-refractivity contribution in [1.29, 1.82) is 0 Å². The maximum atomic E-state index is 14.8. The summed E-state index contributed by atoms with van der Waals surface area (Å²) >= 11 is 0. The first-order chi connectivity index (χ1) is 14.5. The number of hydrogen-bond donors (Lipinski definition) is 0. The van der Waals surface area contributed by atoms with Crippen LogP contribution in [0, 0.1) is 5.82 Å². The summed E-state index contributed by atoms with van der Waals surface area (Å²) in [7, 11) is 0. The van der Waals surface area contributed by atoms with Crippen molar-refractivity contribution in [2.24, 2.45) is 0 Å². The van der Waals surface area contributed by atoms with Crippen molar-refractivity contribution in [1.82, 2.24) is 0 Å². The molecule has 0 radical (unpaired) electrons. The van der Waals surface area contributed by atoms with Crippen LogP contribution in [0.4, 0.5) is 4.39 Å². The minimum absolute atomic E-state index is 0.260. The molecule has 0 atom stereocenters. The highest BCUT2D eigenvalue weighted by Crippen LogP contribution is 2.29. The van der Waals surface area contributed by atoms with E-state index < -0.39 is 5.97 Å². The summed E-state index contributed by atoms with van der Waals surface area (Å²) < 4.78 is 20.0. The summed E-state index contributed by atoms with van der Waals surface area (Å²) in [6, 6.07) is 20.4. The topological polar surface area (TPSA) is 26.3 Å². The lowest BCUT2D eigenvalue weighted by Gasteiger charge is -2.09. The largest absolute Gasteiger partial charge is 0.423 e. The van der Waals surface area contributed by atoms with Crippen LogP contribution < -0.4 is 4.74 Å². The lowest BCUT2D eigenvalue weighted by atomic mass is 9.98. The van der Waals surface area contributed by atoms with E-state index in [1.165, 1.54) is 24.8 Å². The zero-order chi connectivity index (χ0) is 21.5. The average Bonchev–Trinajstić information content (AvgIpc) is 2.75. The van der Waals surface area contributed by atoms with Crippen molar-refractivity contribution in [3.8, 4) is 28.0 Å². The van der Waals surface area contributed by atoms with Crippen molar-refractivity contribution in [3.63, 3.8) is 0 Å². The Labute approximate surface area is 178 Å². The van der Waals surface area contributed by atoms with Crippen molar-refractivity contribution in [2.75, 3.05) is 0 Å². The monoisotopic (exact) mass is 402 g/mol. The molecule has 0 unspecified atom stereocenters. The first kappa shape index (κ1) is 21.5. The number of esters is 1. The lowest BCUT2D eigenvalue weighted by molar-refractivity contribution is -0.130. The summed E-state index contributed by atoms with van der Waals surface area (Å²) in [5.41, 5.74) is 4.71. The molecule has 154 valence electrons. The number of carbonyl (C=O) groups is 1. The lowest BCUT2D eigenvalue weighted by Crippen LogP contribution is -2.07. The Morgan fingerprint density at radius 1 is 0.900 bits per heavy atom. The third-order valence-electron chi connectivity index (χ3n) is 5.05. The molecule has 3 heteroatoms. The second-order valence-electron chi connectivity index (χ2n) is 7.54. The number of carbonyl (C=O) groups excluding carboxylic acids is 1. The van der Waals surface area contributed by atoms with Gasteiger partial charge in [0, 0.05) is 11.1 Å². The number of halogens is 1. The Morgan fingerprint density at radius 3 is 2.13 bits per heavy atom. The number of unbranched alkanes of at least 4 members (excludes halogenated alkanes) is 2. The number of rotatable bonds is 8. The molecule has 0 N–H and O–H groups in total. The Balaban J connectivity index is 1.73. The molecule has 0 heterocycles. The molecule has 0 saturated heterocycles. The van der Waals surface area contributed by atoms with Gasteiger partial charge in [0.15, 0.2) is 0 Å². The van der Waals surface area contributed by atoms with E-state index in [-0.39, 0.29) is 5.82 Å². The number of hydrogen-bond acceptors (Lipinski definition) is 2. The molecule has 2 nitrogen and oxygen atoms in total. The van der Waals surface area contributed by atoms with E-state index in [9.17, 15) is 9.18 Å². The van der Waals surface area contributed by atoms with Crippen LogP contribution >= 0.6 is 0 Å². The molecule has 3 aromatic rings. The molecule has 30 heavy (non-hydrogen) atoms. The van der Waals surface area contributed by atoms with Crippen LogP contribution in [0.15, 0.2) is 78.9 Å². The minimum Gasteiger partial charge on any atom is -0.423 e. The van der Waals surface area contributed by atoms with Crippen molar-refractivity contribution < 1.29 is 13.9 Å². The fourth-order valence-corrected chi connectivity index (χ4v) is 3.27. The van der Waals surface area contributed by atoms with Gasteiger partial charge in [0.2, 0.25) is 0 Å². The van der Waals surface area contributed by atoms with Gasteiger partial charge in [-0.3, -0.25) is 0 Å². The number of aryl methyl sites for hydroxylation is 1. The maximum absolute atomic E-state index is 14.8. The second kappa shape index (κ2) is 10.0. The molecule has 0 aliphatic heterocycles. The molecule has 0 saturated carbocycles. The number of ether oxygens (including phenoxy) is 1. The standard InChI is InChI=1S/C27H27FO2/c1-4-5-6-7-20-8-10-22(11-9-20)25-17-14-23(18-26(25)28)21-12-15-24(16-13-21)30-27(29)19(2)3/h8-18H,2,4-7H2,1,3H3. The number of benzene rings is 3. The minimum atomic E-state index is -0.463. The van der Waals surface area contributed by atoms with Crippen LogP contribution in [0.5, 0.6) is 5.75 Å². The van der Waals surface area contributed by atoms with Gasteiger partial charge >= 0.3 is 5.97 Å². The molecule has 0 aliphatic carbocycles. The first-order valence-electron chi connectivity index (χ1n) is 10.3. The van der Waals surface area contributed by atoms with Crippen LogP contribution in [0.2, 0.25) is 0 Å². The van der Waals surface area contributed by atoms with E-state index in [1.807, 2.05) is 24.3 Å². The fraction of sp³-hybridized carbons (Fsp3) is 0.222. The molecule has 0 aliphatic rings. The predicted octanol–water partition coefficient (Wildman–Crippen LogP) is 7.37. The normalized spacial score (nSPS) is 10.6. The predicted molar refractivity (Wildman–Crippen MR) is 121 cm³/mol. The van der Waals surface area contributed by atoms with E-state index in [0.29, 0.717) is 16.9 Å². The second-order valence-corrected chi connectivity index (χ2v) is 7.54. The van der Waals surface area contributed by atoms with E-state index in [4.69, 9.17) is 4.74 Å². The molecule has 0 bridgehead atoms. The Hall–Kier alpha value is -3.20. The molecule has 0 fully saturated rings. The van der Waals surface area contributed by atoms with Gasteiger partial charge in [-0.2, -0.15) is 0 Å². The summed E-state index contributed by atoms with van der Waals surface area (Å²) in [4.78, 5) is 11.6. The maximum Gasteiger partial charge on any atom is 0.338 e. The molecular formula is C27H27FO2. The molecular weight excluding hydrogens is 375 g/mol. The van der Waals surface area contributed by atoms with Crippen LogP contribution in [0.25, 0.3) is 22.3 Å². The van der Waals surface area contributed by atoms with Gasteiger partial charge in [0.05, 0.1) is 0 Å². The van der Waals surface area contributed by atoms with Crippen LogP contribution in [-0.4, -0.2) is 5.97 Å². The Bertz CT molecular complexity index is 1020. The first-order valence-corrected chi connectivity index (χ1v) is 10.3. The highest BCUT2D eigenvalue weighted by Gasteiger charge is 2.09. The summed E-state index contributed by atoms with van der Waals surface area (Å²) in [6.07, 6.45) is 4.68. The van der Waals surface area contributed by atoms with Gasteiger partial charge in [-0.1, -0.05) is 74.9 Å². The van der Waals surface area contributed by atoms with E-state index in [0.717, 1.165) is 23.1 Å². The third kappa shape index (κ3) is 5.44. The van der Waals surface area contributed by atoms with Crippen molar-refractivity contribution in [2.45, 2.75) is 39.5 Å². The molecule has 3 rings (SSSR count). The quantitative estimate of drug-likeness (QED) is 0.170. The SMILES string of the molecule is C=C(C)C(=O)Oc1ccc(-c2ccc(-c3ccc(CCCCC)cc3)c(F)c2)cc1. The third-order valence-corrected chi connectivity index (χ3v) is 5.05. The van der Waals surface area contributed by atoms with Crippen LogP contribution in [0.1, 0.15) is 38.7 Å². The van der Waals surface area contributed by atoms with Gasteiger partial charge in [-0.25, -0.2) is 9.18 Å². The Morgan fingerprint density at radius 2 is 1.53 bits per heavy atom. The Kier molecular flexibility index (Phi) is 7.18.